The number of rotatable bonds is 3. The van der Waals surface area contributed by atoms with Crippen LogP contribution in [0.5, 0.6) is 0 Å². The van der Waals surface area contributed by atoms with Crippen molar-refractivity contribution >= 4 is 5.69 Å². The number of hydrogen-bond acceptors (Lipinski definition) is 4. The summed E-state index contributed by atoms with van der Waals surface area (Å²) in [7, 11) is 0. The van der Waals surface area contributed by atoms with Gasteiger partial charge in [-0.2, -0.15) is 0 Å². The number of nitrogens with zero attached hydrogens (tertiary/aromatic N) is 3. The monoisotopic (exact) mass is 200 g/mol. The molecule has 2 heterocycles. The van der Waals surface area contributed by atoms with Gasteiger partial charge in [0.2, 0.25) is 0 Å². The molecule has 0 spiro atoms. The van der Waals surface area contributed by atoms with Crippen molar-refractivity contribution < 1.29 is 0 Å². The van der Waals surface area contributed by atoms with Crippen molar-refractivity contribution in [3.63, 3.8) is 0 Å². The van der Waals surface area contributed by atoms with Gasteiger partial charge in [-0.05, 0) is 18.6 Å². The molecule has 4 heteroatoms. The highest BCUT2D eigenvalue weighted by atomic mass is 14.9. The largest absolute Gasteiger partial charge is 0.377 e. The van der Waals surface area contributed by atoms with Crippen molar-refractivity contribution in [2.24, 2.45) is 0 Å². The Hall–Kier alpha value is -1.97. The van der Waals surface area contributed by atoms with Crippen LogP contribution in [0.2, 0.25) is 0 Å². The van der Waals surface area contributed by atoms with E-state index in [2.05, 4.69) is 20.3 Å². The molecule has 0 amide bonds. The van der Waals surface area contributed by atoms with Gasteiger partial charge in [0.25, 0.3) is 0 Å². The summed E-state index contributed by atoms with van der Waals surface area (Å²) < 4.78 is 0. The van der Waals surface area contributed by atoms with Gasteiger partial charge in [-0.25, -0.2) is 9.97 Å². The van der Waals surface area contributed by atoms with Crippen molar-refractivity contribution in [3.05, 3.63) is 48.3 Å². The Bertz CT molecular complexity index is 410. The fourth-order valence-electron chi connectivity index (χ4n) is 1.19. The van der Waals surface area contributed by atoms with Crippen LogP contribution < -0.4 is 5.32 Å². The van der Waals surface area contributed by atoms with Crippen LogP contribution in [0.1, 0.15) is 11.3 Å². The molecule has 0 fully saturated rings. The summed E-state index contributed by atoms with van der Waals surface area (Å²) in [4.78, 5) is 12.1. The Morgan fingerprint density at radius 1 is 1.13 bits per heavy atom. The minimum atomic E-state index is 0.688. The molecule has 0 atom stereocenters. The van der Waals surface area contributed by atoms with E-state index >= 15 is 0 Å². The van der Waals surface area contributed by atoms with Crippen LogP contribution >= 0.6 is 0 Å². The zero-order valence-electron chi connectivity index (χ0n) is 8.51. The van der Waals surface area contributed by atoms with E-state index in [0.717, 1.165) is 11.4 Å². The topological polar surface area (TPSA) is 50.7 Å². The average molecular weight is 200 g/mol. The van der Waals surface area contributed by atoms with Crippen LogP contribution in [-0.4, -0.2) is 15.0 Å². The maximum absolute atomic E-state index is 4.29. The lowest BCUT2D eigenvalue weighted by Gasteiger charge is -2.04. The van der Waals surface area contributed by atoms with Crippen LogP contribution in [0.4, 0.5) is 5.69 Å². The lowest BCUT2D eigenvalue weighted by Crippen LogP contribution is -2.01. The van der Waals surface area contributed by atoms with Crippen LogP contribution in [0, 0.1) is 6.92 Å². The second-order valence-electron chi connectivity index (χ2n) is 3.31. The molecule has 0 aromatic carbocycles. The molecule has 15 heavy (non-hydrogen) atoms. The van der Waals surface area contributed by atoms with Crippen LogP contribution in [0.3, 0.4) is 0 Å². The third-order valence-electron chi connectivity index (χ3n) is 2.01. The molecule has 0 aliphatic heterocycles. The Balaban J connectivity index is 1.96. The second-order valence-corrected chi connectivity index (χ2v) is 3.31. The van der Waals surface area contributed by atoms with E-state index in [4.69, 9.17) is 0 Å². The lowest BCUT2D eigenvalue weighted by molar-refractivity contribution is 1.02. The molecule has 2 rings (SSSR count). The standard InChI is InChI=1S/C11H12N4/c1-9-2-3-10(14-4-9)7-15-11-5-12-8-13-6-11/h2-6,8,15H,7H2,1H3. The minimum Gasteiger partial charge on any atom is -0.377 e. The number of nitrogens with one attached hydrogen (secondary N) is 1. The number of pyridine rings is 1. The lowest BCUT2D eigenvalue weighted by atomic mass is 10.3. The Morgan fingerprint density at radius 3 is 2.60 bits per heavy atom. The Labute approximate surface area is 88.4 Å². The molecule has 0 aliphatic carbocycles. The van der Waals surface area contributed by atoms with Gasteiger partial charge in [-0.1, -0.05) is 6.07 Å². The molecule has 76 valence electrons. The fraction of sp³-hybridized carbons (Fsp3) is 0.182. The molecule has 0 unspecified atom stereocenters. The number of anilines is 1. The van der Waals surface area contributed by atoms with Gasteiger partial charge in [0, 0.05) is 6.20 Å². The summed E-state index contributed by atoms with van der Waals surface area (Å²) in [5.41, 5.74) is 3.08. The first-order valence-corrected chi connectivity index (χ1v) is 4.75. The third-order valence-corrected chi connectivity index (χ3v) is 2.01. The summed E-state index contributed by atoms with van der Waals surface area (Å²) >= 11 is 0. The molecular formula is C11H12N4. The van der Waals surface area contributed by atoms with Gasteiger partial charge in [-0.15, -0.1) is 0 Å². The van der Waals surface area contributed by atoms with Gasteiger partial charge in [-0.3, -0.25) is 4.98 Å². The number of hydrogen-bond donors (Lipinski definition) is 1. The van der Waals surface area contributed by atoms with Crippen molar-refractivity contribution in [1.82, 2.24) is 15.0 Å². The summed E-state index contributed by atoms with van der Waals surface area (Å²) in [6.45, 7) is 2.71. The van der Waals surface area contributed by atoms with E-state index in [1.54, 1.807) is 12.4 Å². The molecule has 4 nitrogen and oxygen atoms in total. The van der Waals surface area contributed by atoms with Gasteiger partial charge in [0.15, 0.2) is 0 Å². The summed E-state index contributed by atoms with van der Waals surface area (Å²) in [5, 5.41) is 3.19. The predicted molar refractivity (Wildman–Crippen MR) is 58.3 cm³/mol. The zero-order valence-corrected chi connectivity index (χ0v) is 8.51. The van der Waals surface area contributed by atoms with E-state index in [0.29, 0.717) is 6.54 Å². The predicted octanol–water partition coefficient (Wildman–Crippen LogP) is 1.79. The van der Waals surface area contributed by atoms with E-state index < -0.39 is 0 Å². The van der Waals surface area contributed by atoms with E-state index in [1.165, 1.54) is 11.9 Å². The first kappa shape index (κ1) is 9.58. The van der Waals surface area contributed by atoms with Crippen molar-refractivity contribution in [2.75, 3.05) is 5.32 Å². The van der Waals surface area contributed by atoms with Crippen LogP contribution in [0.15, 0.2) is 37.1 Å². The van der Waals surface area contributed by atoms with Crippen molar-refractivity contribution in [3.8, 4) is 0 Å². The van der Waals surface area contributed by atoms with E-state index in [1.807, 2.05) is 25.3 Å². The van der Waals surface area contributed by atoms with Crippen molar-refractivity contribution in [1.29, 1.82) is 0 Å². The van der Waals surface area contributed by atoms with E-state index in [-0.39, 0.29) is 0 Å². The molecular weight excluding hydrogens is 188 g/mol. The second kappa shape index (κ2) is 4.50. The molecule has 0 bridgehead atoms. The number of aromatic nitrogens is 3. The SMILES string of the molecule is Cc1ccc(CNc2cncnc2)nc1. The summed E-state index contributed by atoms with van der Waals surface area (Å²) in [6.07, 6.45) is 6.84. The molecule has 0 radical (unpaired) electrons. The number of aryl methyl sites for hydroxylation is 1. The first-order valence-electron chi connectivity index (χ1n) is 4.75. The maximum Gasteiger partial charge on any atom is 0.115 e. The molecule has 0 aliphatic rings. The maximum atomic E-state index is 4.29. The van der Waals surface area contributed by atoms with Crippen LogP contribution in [0.25, 0.3) is 0 Å². The summed E-state index contributed by atoms with van der Waals surface area (Å²) in [5.74, 6) is 0. The minimum absolute atomic E-state index is 0.688. The highest BCUT2D eigenvalue weighted by Crippen LogP contribution is 2.04. The zero-order chi connectivity index (χ0) is 10.5. The molecule has 2 aromatic rings. The normalized spacial score (nSPS) is 9.93. The molecule has 1 N–H and O–H groups in total. The van der Waals surface area contributed by atoms with Crippen molar-refractivity contribution in [2.45, 2.75) is 13.5 Å². The molecule has 0 saturated heterocycles. The molecule has 2 aromatic heterocycles. The highest BCUT2D eigenvalue weighted by Gasteiger charge is 1.94. The highest BCUT2D eigenvalue weighted by molar-refractivity contribution is 5.37. The molecule has 0 saturated carbocycles. The average Bonchev–Trinajstić information content (AvgIpc) is 2.30. The third kappa shape index (κ3) is 2.74. The quantitative estimate of drug-likeness (QED) is 0.820. The Morgan fingerprint density at radius 2 is 1.93 bits per heavy atom. The van der Waals surface area contributed by atoms with E-state index in [9.17, 15) is 0 Å². The Kier molecular flexibility index (Phi) is 2.88. The van der Waals surface area contributed by atoms with Crippen LogP contribution in [-0.2, 0) is 6.54 Å². The summed E-state index contributed by atoms with van der Waals surface area (Å²) in [6, 6.07) is 4.05. The van der Waals surface area contributed by atoms with Gasteiger partial charge in [0.05, 0.1) is 30.3 Å². The van der Waals surface area contributed by atoms with Gasteiger partial charge < -0.3 is 5.32 Å². The first-order chi connectivity index (χ1) is 7.34. The van der Waals surface area contributed by atoms with Gasteiger partial charge >= 0.3 is 0 Å². The fourth-order valence-corrected chi connectivity index (χ4v) is 1.19. The van der Waals surface area contributed by atoms with Gasteiger partial charge in [0.1, 0.15) is 6.33 Å². The smallest absolute Gasteiger partial charge is 0.115 e.